The second-order valence-corrected chi connectivity index (χ2v) is 9.42. The van der Waals surface area contributed by atoms with Crippen molar-refractivity contribution in [2.24, 2.45) is 5.10 Å². The molecule has 3 N–H and O–H groups in total. The van der Waals surface area contributed by atoms with Crippen LogP contribution < -0.4 is 5.73 Å². The van der Waals surface area contributed by atoms with Crippen LogP contribution in [0.1, 0.15) is 11.1 Å². The van der Waals surface area contributed by atoms with Crippen molar-refractivity contribution in [2.75, 3.05) is 5.73 Å². The Kier molecular flexibility index (Phi) is 4.83. The van der Waals surface area contributed by atoms with E-state index in [-0.39, 0.29) is 32.5 Å². The zero-order valence-corrected chi connectivity index (χ0v) is 18.4. The number of benzene rings is 3. The van der Waals surface area contributed by atoms with Crippen LogP contribution in [0.5, 0.6) is 5.75 Å². The number of nitrogens with two attached hydrogens (primary N) is 1. The van der Waals surface area contributed by atoms with Gasteiger partial charge in [-0.25, -0.2) is 18.4 Å². The molecule has 0 aliphatic heterocycles. The maximum Gasteiger partial charge on any atom is 0.212 e. The molecule has 0 aliphatic carbocycles. The quantitative estimate of drug-likeness (QED) is 0.395. The summed E-state index contributed by atoms with van der Waals surface area (Å²) in [5.74, 6) is -0.0890. The first-order valence-electron chi connectivity index (χ1n) is 10.1. The van der Waals surface area contributed by atoms with Gasteiger partial charge in [-0.1, -0.05) is 36.4 Å². The van der Waals surface area contributed by atoms with Crippen LogP contribution in [0.3, 0.4) is 0 Å². The predicted molar refractivity (Wildman–Crippen MR) is 127 cm³/mol. The topological polar surface area (TPSA) is 123 Å². The first kappa shape index (κ1) is 20.7. The van der Waals surface area contributed by atoms with Crippen LogP contribution in [0.2, 0.25) is 0 Å². The normalized spacial score (nSPS) is 12.2. The molecule has 0 fully saturated rings. The number of phenols is 1. The molecule has 5 aromatic rings. The van der Waals surface area contributed by atoms with E-state index >= 15 is 0 Å². The molecular formula is C24H19N5O3S. The number of phenolic OH excluding ortho intramolecular Hbond substituents is 1. The summed E-state index contributed by atoms with van der Waals surface area (Å²) in [5, 5.41) is 14.4. The smallest absolute Gasteiger partial charge is 0.212 e. The highest BCUT2D eigenvalue weighted by Crippen LogP contribution is 2.35. The summed E-state index contributed by atoms with van der Waals surface area (Å²) in [6.07, 6.45) is 1.39. The van der Waals surface area contributed by atoms with Crippen LogP contribution >= 0.6 is 0 Å². The molecule has 0 radical (unpaired) electrons. The number of rotatable bonds is 4. The molecule has 0 spiro atoms. The molecule has 0 saturated heterocycles. The first-order valence-corrected chi connectivity index (χ1v) is 11.6. The van der Waals surface area contributed by atoms with Gasteiger partial charge in [-0.3, -0.25) is 0 Å². The third kappa shape index (κ3) is 3.48. The van der Waals surface area contributed by atoms with E-state index in [1.54, 1.807) is 48.5 Å². The second-order valence-electron chi connectivity index (χ2n) is 7.53. The highest BCUT2D eigenvalue weighted by atomic mass is 32.2. The van der Waals surface area contributed by atoms with E-state index in [0.29, 0.717) is 16.6 Å². The van der Waals surface area contributed by atoms with Crippen molar-refractivity contribution >= 4 is 44.1 Å². The summed E-state index contributed by atoms with van der Waals surface area (Å²) < 4.78 is 28.5. The van der Waals surface area contributed by atoms with Gasteiger partial charge in [-0.05, 0) is 48.9 Å². The fraction of sp³-hybridized carbons (Fsp3) is 0.0417. The van der Waals surface area contributed by atoms with E-state index in [4.69, 9.17) is 5.73 Å². The Morgan fingerprint density at radius 3 is 2.39 bits per heavy atom. The zero-order valence-electron chi connectivity index (χ0n) is 17.5. The number of nitrogens with zero attached hydrogens (tertiary/aromatic N) is 4. The number of aromatic nitrogens is 3. The van der Waals surface area contributed by atoms with Gasteiger partial charge in [-0.15, -0.1) is 0 Å². The van der Waals surface area contributed by atoms with Gasteiger partial charge >= 0.3 is 0 Å². The number of nitrogen functional groups attached to an aromatic ring is 1. The summed E-state index contributed by atoms with van der Waals surface area (Å²) in [7, 11) is -4.03. The minimum absolute atomic E-state index is 0.0282. The Morgan fingerprint density at radius 1 is 0.970 bits per heavy atom. The lowest BCUT2D eigenvalue weighted by molar-refractivity contribution is 0.474. The number of hydrogen-bond donors (Lipinski definition) is 2. The fourth-order valence-electron chi connectivity index (χ4n) is 3.62. The second kappa shape index (κ2) is 7.72. The van der Waals surface area contributed by atoms with E-state index in [1.165, 1.54) is 23.0 Å². The molecule has 0 atom stereocenters. The van der Waals surface area contributed by atoms with Gasteiger partial charge < -0.3 is 10.8 Å². The fourth-order valence-corrected chi connectivity index (χ4v) is 5.21. The van der Waals surface area contributed by atoms with Crippen molar-refractivity contribution < 1.29 is 13.5 Å². The lowest BCUT2D eigenvalue weighted by Gasteiger charge is -2.06. The average Bonchev–Trinajstić information content (AvgIpc) is 3.07. The highest BCUT2D eigenvalue weighted by molar-refractivity contribution is 7.92. The molecule has 164 valence electrons. The molecule has 33 heavy (non-hydrogen) atoms. The van der Waals surface area contributed by atoms with Crippen molar-refractivity contribution in [3.8, 4) is 5.75 Å². The van der Waals surface area contributed by atoms with Gasteiger partial charge in [0.25, 0.3) is 0 Å². The van der Waals surface area contributed by atoms with Gasteiger partial charge in [0.05, 0.1) is 22.1 Å². The molecule has 0 aliphatic rings. The Bertz CT molecular complexity index is 1670. The zero-order chi connectivity index (χ0) is 23.2. The SMILES string of the molecule is Cc1cccc(S(=O)(=O)c2c(N)n(/N=C\c3ccccc3O)c3nc4ccccc4nc23)c1. The number of fused-ring (bicyclic) bond motifs is 2. The van der Waals surface area contributed by atoms with Crippen molar-refractivity contribution in [3.63, 3.8) is 0 Å². The van der Waals surface area contributed by atoms with E-state index in [9.17, 15) is 13.5 Å². The molecule has 2 heterocycles. The number of para-hydroxylation sites is 3. The Labute approximate surface area is 189 Å². The van der Waals surface area contributed by atoms with Crippen LogP contribution in [-0.4, -0.2) is 34.4 Å². The molecule has 2 aromatic heterocycles. The van der Waals surface area contributed by atoms with Gasteiger partial charge in [0.15, 0.2) is 5.65 Å². The maximum atomic E-state index is 13.6. The molecule has 5 rings (SSSR count). The predicted octanol–water partition coefficient (Wildman–Crippen LogP) is 3.90. The summed E-state index contributed by atoms with van der Waals surface area (Å²) in [5.41, 5.74) is 9.04. The Hall–Kier alpha value is -4.24. The molecule has 0 saturated carbocycles. The van der Waals surface area contributed by atoms with Crippen LogP contribution in [-0.2, 0) is 9.84 Å². The van der Waals surface area contributed by atoms with Crippen LogP contribution in [0.4, 0.5) is 5.82 Å². The van der Waals surface area contributed by atoms with Gasteiger partial charge in [0.2, 0.25) is 9.84 Å². The Morgan fingerprint density at radius 2 is 1.67 bits per heavy atom. The molecule has 0 bridgehead atoms. The number of sulfone groups is 1. The third-order valence-electron chi connectivity index (χ3n) is 5.25. The van der Waals surface area contributed by atoms with Gasteiger partial charge in [0, 0.05) is 5.56 Å². The standard InChI is InChI=1S/C24H19N5O3S/c1-15-7-6-9-17(13-15)33(31,32)22-21-24(28-19-11-4-3-10-18(19)27-21)29(23(22)25)26-14-16-8-2-5-12-20(16)30/h2-14,30H,25H2,1H3/b26-14-. The van der Waals surface area contributed by atoms with Crippen molar-refractivity contribution in [3.05, 3.63) is 83.9 Å². The molecule has 9 heteroatoms. The van der Waals surface area contributed by atoms with Gasteiger partial charge in [-0.2, -0.15) is 9.78 Å². The minimum Gasteiger partial charge on any atom is -0.507 e. The lowest BCUT2D eigenvalue weighted by Crippen LogP contribution is -2.07. The first-order chi connectivity index (χ1) is 15.9. The molecule has 8 nitrogen and oxygen atoms in total. The average molecular weight is 458 g/mol. The van der Waals surface area contributed by atoms with Gasteiger partial charge in [0.1, 0.15) is 22.0 Å². The van der Waals surface area contributed by atoms with E-state index in [1.807, 2.05) is 19.1 Å². The number of aromatic hydroxyl groups is 1. The van der Waals surface area contributed by atoms with Crippen molar-refractivity contribution in [1.29, 1.82) is 0 Å². The summed E-state index contributed by atoms with van der Waals surface area (Å²) in [4.78, 5) is 9.13. The van der Waals surface area contributed by atoms with E-state index in [2.05, 4.69) is 15.1 Å². The van der Waals surface area contributed by atoms with Crippen molar-refractivity contribution in [1.82, 2.24) is 14.6 Å². The van der Waals surface area contributed by atoms with Crippen molar-refractivity contribution in [2.45, 2.75) is 16.7 Å². The molecular weight excluding hydrogens is 438 g/mol. The highest BCUT2D eigenvalue weighted by Gasteiger charge is 2.30. The lowest BCUT2D eigenvalue weighted by atomic mass is 10.2. The summed E-state index contributed by atoms with van der Waals surface area (Å²) in [6.45, 7) is 1.82. The van der Waals surface area contributed by atoms with E-state index < -0.39 is 9.84 Å². The summed E-state index contributed by atoms with van der Waals surface area (Å²) >= 11 is 0. The number of aryl methyl sites for hydroxylation is 1. The van der Waals surface area contributed by atoms with E-state index in [0.717, 1.165) is 5.56 Å². The molecule has 0 unspecified atom stereocenters. The molecule has 3 aromatic carbocycles. The van der Waals surface area contributed by atoms with Crippen LogP contribution in [0, 0.1) is 6.92 Å². The molecule has 0 amide bonds. The number of hydrogen-bond acceptors (Lipinski definition) is 7. The Balaban J connectivity index is 1.82. The largest absolute Gasteiger partial charge is 0.507 e. The number of anilines is 1. The third-order valence-corrected chi connectivity index (χ3v) is 7.06. The van der Waals surface area contributed by atoms with Crippen LogP contribution in [0.25, 0.3) is 22.2 Å². The maximum absolute atomic E-state index is 13.6. The summed E-state index contributed by atoms with van der Waals surface area (Å²) in [6, 6.07) is 20.4. The monoisotopic (exact) mass is 457 g/mol. The minimum atomic E-state index is -4.03. The van der Waals surface area contributed by atoms with Crippen LogP contribution in [0.15, 0.2) is 87.7 Å².